The van der Waals surface area contributed by atoms with Crippen molar-refractivity contribution in [1.29, 1.82) is 0 Å². The molecule has 0 bridgehead atoms. The molecule has 3 N–H and O–H groups in total. The molecular formula is C14H18FN3O2. The molecule has 1 aliphatic rings. The van der Waals surface area contributed by atoms with E-state index in [1.807, 2.05) is 4.90 Å². The Bertz CT molecular complexity index is 507. The Kier molecular flexibility index (Phi) is 4.68. The summed E-state index contributed by atoms with van der Waals surface area (Å²) in [6, 6.07) is 5.75. The minimum absolute atomic E-state index is 0.181. The first-order valence-electron chi connectivity index (χ1n) is 6.61. The quantitative estimate of drug-likeness (QED) is 0.862. The average molecular weight is 279 g/mol. The van der Waals surface area contributed by atoms with Crippen molar-refractivity contribution >= 4 is 17.5 Å². The van der Waals surface area contributed by atoms with Crippen LogP contribution in [0.1, 0.15) is 12.8 Å². The van der Waals surface area contributed by atoms with E-state index in [0.717, 1.165) is 19.4 Å². The van der Waals surface area contributed by atoms with E-state index in [1.165, 1.54) is 18.2 Å². The van der Waals surface area contributed by atoms with Crippen molar-refractivity contribution in [1.82, 2.24) is 4.90 Å². The van der Waals surface area contributed by atoms with Gasteiger partial charge in [0.05, 0.1) is 12.5 Å². The maximum Gasteiger partial charge on any atom is 0.238 e. The zero-order valence-corrected chi connectivity index (χ0v) is 11.1. The fourth-order valence-corrected chi connectivity index (χ4v) is 2.40. The Balaban J connectivity index is 1.86. The van der Waals surface area contributed by atoms with Gasteiger partial charge in [-0.15, -0.1) is 0 Å². The third kappa shape index (κ3) is 4.03. The number of nitrogens with one attached hydrogen (secondary N) is 1. The summed E-state index contributed by atoms with van der Waals surface area (Å²) in [4.78, 5) is 24.9. The van der Waals surface area contributed by atoms with Gasteiger partial charge in [-0.2, -0.15) is 0 Å². The van der Waals surface area contributed by atoms with Crippen molar-refractivity contribution < 1.29 is 14.0 Å². The van der Waals surface area contributed by atoms with Gasteiger partial charge in [0.2, 0.25) is 11.8 Å². The van der Waals surface area contributed by atoms with Gasteiger partial charge in [0.1, 0.15) is 5.82 Å². The molecule has 1 heterocycles. The van der Waals surface area contributed by atoms with Crippen LogP contribution >= 0.6 is 0 Å². The normalized spacial score (nSPS) is 19.6. The van der Waals surface area contributed by atoms with Crippen molar-refractivity contribution in [2.45, 2.75) is 12.8 Å². The van der Waals surface area contributed by atoms with Crippen LogP contribution in [-0.4, -0.2) is 36.3 Å². The number of piperidine rings is 1. The highest BCUT2D eigenvalue weighted by atomic mass is 19.1. The number of carbonyl (C=O) groups excluding carboxylic acids is 2. The van der Waals surface area contributed by atoms with E-state index >= 15 is 0 Å². The maximum atomic E-state index is 13.0. The zero-order valence-electron chi connectivity index (χ0n) is 11.1. The van der Waals surface area contributed by atoms with Crippen LogP contribution in [0.15, 0.2) is 24.3 Å². The number of hydrogen-bond donors (Lipinski definition) is 2. The summed E-state index contributed by atoms with van der Waals surface area (Å²) in [5, 5.41) is 2.64. The number of halogens is 1. The molecular weight excluding hydrogens is 261 g/mol. The van der Waals surface area contributed by atoms with E-state index in [2.05, 4.69) is 5.32 Å². The second-order valence-electron chi connectivity index (χ2n) is 5.04. The van der Waals surface area contributed by atoms with Gasteiger partial charge in [-0.05, 0) is 37.6 Å². The number of carbonyl (C=O) groups is 2. The van der Waals surface area contributed by atoms with Crippen molar-refractivity contribution in [2.75, 3.05) is 25.0 Å². The van der Waals surface area contributed by atoms with Crippen LogP contribution in [0, 0.1) is 11.7 Å². The third-order valence-corrected chi connectivity index (χ3v) is 3.38. The molecule has 1 saturated heterocycles. The summed E-state index contributed by atoms with van der Waals surface area (Å²) < 4.78 is 13.0. The van der Waals surface area contributed by atoms with E-state index in [-0.39, 0.29) is 24.3 Å². The van der Waals surface area contributed by atoms with Gasteiger partial charge in [0.15, 0.2) is 0 Å². The topological polar surface area (TPSA) is 75.4 Å². The van der Waals surface area contributed by atoms with Gasteiger partial charge in [-0.1, -0.05) is 6.07 Å². The molecule has 1 atom stereocenters. The molecule has 1 aromatic rings. The number of primary amides is 1. The van der Waals surface area contributed by atoms with Gasteiger partial charge in [0, 0.05) is 12.2 Å². The Labute approximate surface area is 116 Å². The Morgan fingerprint density at radius 2 is 2.25 bits per heavy atom. The summed E-state index contributed by atoms with van der Waals surface area (Å²) in [7, 11) is 0. The number of likely N-dealkylation sites (tertiary alicyclic amines) is 1. The van der Waals surface area contributed by atoms with Crippen molar-refractivity contribution in [3.8, 4) is 0 Å². The fraction of sp³-hybridized carbons (Fsp3) is 0.429. The monoisotopic (exact) mass is 279 g/mol. The van der Waals surface area contributed by atoms with Crippen LogP contribution in [0.4, 0.5) is 10.1 Å². The molecule has 0 aromatic heterocycles. The molecule has 1 aromatic carbocycles. The second-order valence-corrected chi connectivity index (χ2v) is 5.04. The lowest BCUT2D eigenvalue weighted by Crippen LogP contribution is -2.44. The summed E-state index contributed by atoms with van der Waals surface area (Å²) in [5.41, 5.74) is 5.72. The highest BCUT2D eigenvalue weighted by Gasteiger charge is 2.25. The lowest BCUT2D eigenvalue weighted by molar-refractivity contribution is -0.125. The highest BCUT2D eigenvalue weighted by molar-refractivity contribution is 5.92. The number of hydrogen-bond acceptors (Lipinski definition) is 3. The number of rotatable bonds is 4. The first-order valence-corrected chi connectivity index (χ1v) is 6.61. The predicted molar refractivity (Wildman–Crippen MR) is 73.4 cm³/mol. The van der Waals surface area contributed by atoms with E-state index in [0.29, 0.717) is 12.2 Å². The summed E-state index contributed by atoms with van der Waals surface area (Å²) in [5.74, 6) is -1.12. The lowest BCUT2D eigenvalue weighted by Gasteiger charge is -2.30. The van der Waals surface area contributed by atoms with E-state index in [1.54, 1.807) is 6.07 Å². The van der Waals surface area contributed by atoms with Crippen LogP contribution in [-0.2, 0) is 9.59 Å². The molecule has 108 valence electrons. The highest BCUT2D eigenvalue weighted by Crippen LogP contribution is 2.16. The van der Waals surface area contributed by atoms with Crippen LogP contribution in [0.25, 0.3) is 0 Å². The summed E-state index contributed by atoms with van der Waals surface area (Å²) in [6.07, 6.45) is 1.62. The molecule has 1 fully saturated rings. The van der Waals surface area contributed by atoms with Gasteiger partial charge < -0.3 is 11.1 Å². The minimum atomic E-state index is -0.394. The molecule has 6 heteroatoms. The summed E-state index contributed by atoms with van der Waals surface area (Å²) in [6.45, 7) is 1.45. The summed E-state index contributed by atoms with van der Waals surface area (Å²) >= 11 is 0. The molecule has 1 aliphatic heterocycles. The maximum absolute atomic E-state index is 13.0. The first kappa shape index (κ1) is 14.5. The van der Waals surface area contributed by atoms with Gasteiger partial charge in [-0.3, -0.25) is 14.5 Å². The standard InChI is InChI=1S/C14H18FN3O2/c15-11-4-1-5-12(7-11)17-13(19)9-18-6-2-3-10(8-18)14(16)20/h1,4-5,7,10H,2-3,6,8-9H2,(H2,16,20)(H,17,19)/t10-/m1/s1. The molecule has 2 amide bonds. The molecule has 2 rings (SSSR count). The third-order valence-electron chi connectivity index (χ3n) is 3.38. The van der Waals surface area contributed by atoms with Crippen molar-refractivity contribution in [3.63, 3.8) is 0 Å². The van der Waals surface area contributed by atoms with E-state index < -0.39 is 5.82 Å². The Morgan fingerprint density at radius 1 is 1.45 bits per heavy atom. The smallest absolute Gasteiger partial charge is 0.238 e. The van der Waals surface area contributed by atoms with E-state index in [9.17, 15) is 14.0 Å². The van der Waals surface area contributed by atoms with Crippen LogP contribution in [0.3, 0.4) is 0 Å². The minimum Gasteiger partial charge on any atom is -0.369 e. The number of benzene rings is 1. The molecule has 0 radical (unpaired) electrons. The Morgan fingerprint density at radius 3 is 2.95 bits per heavy atom. The molecule has 0 saturated carbocycles. The fourth-order valence-electron chi connectivity index (χ4n) is 2.40. The van der Waals surface area contributed by atoms with Gasteiger partial charge >= 0.3 is 0 Å². The largest absolute Gasteiger partial charge is 0.369 e. The Hall–Kier alpha value is -1.95. The van der Waals surface area contributed by atoms with Crippen molar-refractivity contribution in [3.05, 3.63) is 30.1 Å². The van der Waals surface area contributed by atoms with Crippen LogP contribution in [0.2, 0.25) is 0 Å². The number of nitrogens with zero attached hydrogens (tertiary/aromatic N) is 1. The molecule has 20 heavy (non-hydrogen) atoms. The number of amides is 2. The number of anilines is 1. The van der Waals surface area contributed by atoms with E-state index in [4.69, 9.17) is 5.73 Å². The average Bonchev–Trinajstić information content (AvgIpc) is 2.38. The second kappa shape index (κ2) is 6.47. The first-order chi connectivity index (χ1) is 9.54. The molecule has 0 aliphatic carbocycles. The SMILES string of the molecule is NC(=O)[C@@H]1CCCN(CC(=O)Nc2cccc(F)c2)C1. The van der Waals surface area contributed by atoms with Gasteiger partial charge in [0.25, 0.3) is 0 Å². The molecule has 5 nitrogen and oxygen atoms in total. The zero-order chi connectivity index (χ0) is 14.5. The van der Waals surface area contributed by atoms with Crippen LogP contribution in [0.5, 0.6) is 0 Å². The molecule has 0 unspecified atom stereocenters. The molecule has 0 spiro atoms. The van der Waals surface area contributed by atoms with Crippen LogP contribution < -0.4 is 11.1 Å². The lowest BCUT2D eigenvalue weighted by atomic mass is 9.97. The van der Waals surface area contributed by atoms with Crippen molar-refractivity contribution in [2.24, 2.45) is 11.7 Å². The number of nitrogens with two attached hydrogens (primary N) is 1. The van der Waals surface area contributed by atoms with Gasteiger partial charge in [-0.25, -0.2) is 4.39 Å². The predicted octanol–water partition coefficient (Wildman–Crippen LogP) is 0.961.